The van der Waals surface area contributed by atoms with Gasteiger partial charge in [0.2, 0.25) is 0 Å². The van der Waals surface area contributed by atoms with E-state index in [0.717, 1.165) is 37.9 Å². The van der Waals surface area contributed by atoms with E-state index >= 15 is 0 Å². The predicted molar refractivity (Wildman–Crippen MR) is 75.9 cm³/mol. The van der Waals surface area contributed by atoms with Gasteiger partial charge in [-0.05, 0) is 18.8 Å². The Morgan fingerprint density at radius 1 is 1.25 bits per heavy atom. The molecule has 1 saturated heterocycles. The van der Waals surface area contributed by atoms with Crippen molar-refractivity contribution in [3.8, 4) is 0 Å². The number of rotatable bonds is 4. The van der Waals surface area contributed by atoms with Gasteiger partial charge in [0, 0.05) is 32.7 Å². The van der Waals surface area contributed by atoms with Crippen molar-refractivity contribution < 1.29 is 5.21 Å². The molecule has 0 amide bonds. The van der Waals surface area contributed by atoms with Crippen LogP contribution >= 0.6 is 0 Å². The van der Waals surface area contributed by atoms with Crippen molar-refractivity contribution in [3.05, 3.63) is 18.1 Å². The fourth-order valence-electron chi connectivity index (χ4n) is 2.49. The molecule has 2 heterocycles. The van der Waals surface area contributed by atoms with E-state index in [4.69, 9.17) is 10.9 Å². The highest BCUT2D eigenvalue weighted by molar-refractivity contribution is 5.94. The standard InChI is InChI=1S/C13H20N6O/c14-13(17-20)11-7-16-12(8-15-11)19-5-3-18(4-6-19)9-10-1-2-10/h7-8,10,20H,1-6,9H2,(H2,14,17). The normalized spacial score (nSPS) is 21.2. The molecule has 0 radical (unpaired) electrons. The lowest BCUT2D eigenvalue weighted by Crippen LogP contribution is -2.47. The maximum absolute atomic E-state index is 8.59. The van der Waals surface area contributed by atoms with E-state index in [1.165, 1.54) is 19.4 Å². The first-order valence-electron chi connectivity index (χ1n) is 7.03. The Morgan fingerprint density at radius 3 is 2.55 bits per heavy atom. The molecule has 1 aromatic heterocycles. The summed E-state index contributed by atoms with van der Waals surface area (Å²) >= 11 is 0. The minimum Gasteiger partial charge on any atom is -0.409 e. The van der Waals surface area contributed by atoms with Crippen LogP contribution < -0.4 is 10.6 Å². The number of piperazine rings is 1. The molecular weight excluding hydrogens is 256 g/mol. The number of nitrogens with two attached hydrogens (primary N) is 1. The number of nitrogens with zero attached hydrogens (tertiary/aromatic N) is 5. The van der Waals surface area contributed by atoms with E-state index in [-0.39, 0.29) is 5.84 Å². The number of anilines is 1. The molecule has 7 heteroatoms. The van der Waals surface area contributed by atoms with Gasteiger partial charge in [0.1, 0.15) is 11.5 Å². The van der Waals surface area contributed by atoms with Crippen molar-refractivity contribution >= 4 is 11.7 Å². The van der Waals surface area contributed by atoms with Crippen LogP contribution in [0, 0.1) is 5.92 Å². The summed E-state index contributed by atoms with van der Waals surface area (Å²) < 4.78 is 0. The summed E-state index contributed by atoms with van der Waals surface area (Å²) in [7, 11) is 0. The number of hydrogen-bond donors (Lipinski definition) is 2. The molecule has 1 aromatic rings. The van der Waals surface area contributed by atoms with Gasteiger partial charge in [-0.15, -0.1) is 0 Å². The second-order valence-electron chi connectivity index (χ2n) is 5.48. The molecule has 3 rings (SSSR count). The molecule has 1 aliphatic heterocycles. The topological polar surface area (TPSA) is 90.9 Å². The van der Waals surface area contributed by atoms with Crippen LogP contribution in [-0.4, -0.2) is 58.6 Å². The zero-order valence-corrected chi connectivity index (χ0v) is 11.4. The minimum atomic E-state index is -0.0155. The summed E-state index contributed by atoms with van der Waals surface area (Å²) in [4.78, 5) is 13.3. The van der Waals surface area contributed by atoms with Gasteiger partial charge >= 0.3 is 0 Å². The first-order chi connectivity index (χ1) is 9.76. The fraction of sp³-hybridized carbons (Fsp3) is 0.615. The second kappa shape index (κ2) is 5.62. The lowest BCUT2D eigenvalue weighted by atomic mass is 10.3. The van der Waals surface area contributed by atoms with Crippen LogP contribution in [0.25, 0.3) is 0 Å². The zero-order valence-electron chi connectivity index (χ0n) is 11.4. The molecule has 3 N–H and O–H groups in total. The van der Waals surface area contributed by atoms with Crippen molar-refractivity contribution in [1.29, 1.82) is 0 Å². The SMILES string of the molecule is NC(=NO)c1cnc(N2CCN(CC3CC3)CC2)cn1. The van der Waals surface area contributed by atoms with Crippen molar-refractivity contribution in [2.24, 2.45) is 16.8 Å². The number of aromatic nitrogens is 2. The third-order valence-electron chi connectivity index (χ3n) is 3.92. The van der Waals surface area contributed by atoms with E-state index in [2.05, 4.69) is 24.9 Å². The smallest absolute Gasteiger partial charge is 0.190 e. The van der Waals surface area contributed by atoms with Crippen molar-refractivity contribution in [2.75, 3.05) is 37.6 Å². The Labute approximate surface area is 118 Å². The fourth-order valence-corrected chi connectivity index (χ4v) is 2.49. The molecule has 20 heavy (non-hydrogen) atoms. The predicted octanol–water partition coefficient (Wildman–Crippen LogP) is 0.103. The highest BCUT2D eigenvalue weighted by Crippen LogP contribution is 2.30. The molecule has 0 aromatic carbocycles. The minimum absolute atomic E-state index is 0.0155. The van der Waals surface area contributed by atoms with Crippen LogP contribution in [0.1, 0.15) is 18.5 Å². The summed E-state index contributed by atoms with van der Waals surface area (Å²) in [6.45, 7) is 5.37. The number of amidine groups is 1. The van der Waals surface area contributed by atoms with E-state index in [1.807, 2.05) is 0 Å². The van der Waals surface area contributed by atoms with Gasteiger partial charge in [0.25, 0.3) is 0 Å². The van der Waals surface area contributed by atoms with Crippen LogP contribution in [0.2, 0.25) is 0 Å². The Kier molecular flexibility index (Phi) is 3.68. The Balaban J connectivity index is 1.57. The molecule has 2 aliphatic rings. The molecule has 1 saturated carbocycles. The first kappa shape index (κ1) is 13.1. The van der Waals surface area contributed by atoms with Crippen molar-refractivity contribution in [1.82, 2.24) is 14.9 Å². The summed E-state index contributed by atoms with van der Waals surface area (Å²) in [6, 6.07) is 0. The number of hydrogen-bond acceptors (Lipinski definition) is 6. The van der Waals surface area contributed by atoms with E-state index in [0.29, 0.717) is 5.69 Å². The maximum atomic E-state index is 8.59. The average molecular weight is 276 g/mol. The van der Waals surface area contributed by atoms with Crippen LogP contribution in [0.15, 0.2) is 17.5 Å². The van der Waals surface area contributed by atoms with Gasteiger partial charge in [0.05, 0.1) is 12.4 Å². The van der Waals surface area contributed by atoms with E-state index < -0.39 is 0 Å². The van der Waals surface area contributed by atoms with E-state index in [9.17, 15) is 0 Å². The molecule has 2 fully saturated rings. The highest BCUT2D eigenvalue weighted by Gasteiger charge is 2.26. The zero-order chi connectivity index (χ0) is 13.9. The monoisotopic (exact) mass is 276 g/mol. The Morgan fingerprint density at radius 2 is 2.00 bits per heavy atom. The van der Waals surface area contributed by atoms with Crippen LogP contribution in [0.4, 0.5) is 5.82 Å². The summed E-state index contributed by atoms with van der Waals surface area (Å²) in [5.41, 5.74) is 5.86. The summed E-state index contributed by atoms with van der Waals surface area (Å²) in [6.07, 6.45) is 6.03. The van der Waals surface area contributed by atoms with E-state index in [1.54, 1.807) is 12.4 Å². The quantitative estimate of drug-likeness (QED) is 0.351. The largest absolute Gasteiger partial charge is 0.409 e. The molecule has 0 bridgehead atoms. The van der Waals surface area contributed by atoms with Gasteiger partial charge in [0.15, 0.2) is 5.84 Å². The van der Waals surface area contributed by atoms with Gasteiger partial charge in [-0.2, -0.15) is 0 Å². The number of oxime groups is 1. The average Bonchev–Trinajstić information content (AvgIpc) is 3.31. The molecule has 0 unspecified atom stereocenters. The molecule has 0 atom stereocenters. The lowest BCUT2D eigenvalue weighted by molar-refractivity contribution is 0.247. The third-order valence-corrected chi connectivity index (χ3v) is 3.92. The molecular formula is C13H20N6O. The highest BCUT2D eigenvalue weighted by atomic mass is 16.4. The van der Waals surface area contributed by atoms with Crippen molar-refractivity contribution in [3.63, 3.8) is 0 Å². The lowest BCUT2D eigenvalue weighted by Gasteiger charge is -2.35. The summed E-state index contributed by atoms with van der Waals surface area (Å²) in [5.74, 6) is 1.78. The molecule has 108 valence electrons. The van der Waals surface area contributed by atoms with Gasteiger partial charge in [-0.1, -0.05) is 5.16 Å². The summed E-state index contributed by atoms with van der Waals surface area (Å²) in [5, 5.41) is 11.5. The van der Waals surface area contributed by atoms with Crippen LogP contribution in [0.5, 0.6) is 0 Å². The molecule has 7 nitrogen and oxygen atoms in total. The maximum Gasteiger partial charge on any atom is 0.190 e. The Hall–Kier alpha value is -1.89. The molecule has 1 aliphatic carbocycles. The van der Waals surface area contributed by atoms with Crippen molar-refractivity contribution in [2.45, 2.75) is 12.8 Å². The first-order valence-corrected chi connectivity index (χ1v) is 7.03. The molecule has 0 spiro atoms. The van der Waals surface area contributed by atoms with Gasteiger partial charge in [-0.25, -0.2) is 9.97 Å². The van der Waals surface area contributed by atoms with Gasteiger partial charge in [-0.3, -0.25) is 4.90 Å². The van der Waals surface area contributed by atoms with Crippen LogP contribution in [0.3, 0.4) is 0 Å². The second-order valence-corrected chi connectivity index (χ2v) is 5.48. The Bertz CT molecular complexity index is 476. The van der Waals surface area contributed by atoms with Gasteiger partial charge < -0.3 is 15.8 Å². The van der Waals surface area contributed by atoms with Crippen LogP contribution in [-0.2, 0) is 0 Å². The third kappa shape index (κ3) is 2.98.